The van der Waals surface area contributed by atoms with Crippen molar-refractivity contribution in [3.05, 3.63) is 52.9 Å². The number of aliphatic hydroxyl groups is 2. The van der Waals surface area contributed by atoms with Crippen LogP contribution in [-0.2, 0) is 12.5 Å². The van der Waals surface area contributed by atoms with Gasteiger partial charge in [-0.1, -0.05) is 51.5 Å². The van der Waals surface area contributed by atoms with Crippen LogP contribution in [0.1, 0.15) is 56.4 Å². The highest BCUT2D eigenvalue weighted by Gasteiger charge is 2.52. The maximum absolute atomic E-state index is 11.0. The van der Waals surface area contributed by atoms with E-state index in [-0.39, 0.29) is 17.2 Å². The summed E-state index contributed by atoms with van der Waals surface area (Å²) in [5, 5.41) is 36.6. The molecule has 1 aromatic heterocycles. The van der Waals surface area contributed by atoms with Crippen LogP contribution in [0.2, 0.25) is 0 Å². The van der Waals surface area contributed by atoms with E-state index in [4.69, 9.17) is 0 Å². The second-order valence-corrected chi connectivity index (χ2v) is 9.23. The number of aryl methyl sites for hydroxylation is 2. The van der Waals surface area contributed by atoms with E-state index in [2.05, 4.69) is 61.1 Å². The number of rotatable bonds is 5. The zero-order valence-electron chi connectivity index (χ0n) is 18.5. The van der Waals surface area contributed by atoms with Gasteiger partial charge >= 0.3 is 0 Å². The molecule has 2 unspecified atom stereocenters. The highest BCUT2D eigenvalue weighted by molar-refractivity contribution is 5.70. The molecule has 0 radical (unpaired) electrons. The third kappa shape index (κ3) is 2.96. The topological polar surface area (TPSA) is 81.8 Å². The van der Waals surface area contributed by atoms with E-state index in [0.29, 0.717) is 11.3 Å². The molecule has 2 atom stereocenters. The SMILES string of the molecule is CCCCN1C(=CC2C(O)C(c3c(C)nn(C)c3O)C2O)C(C)(C)c2ccccc21. The van der Waals surface area contributed by atoms with Crippen molar-refractivity contribution in [2.45, 2.75) is 64.1 Å². The Bertz CT molecular complexity index is 968. The van der Waals surface area contributed by atoms with Crippen LogP contribution in [0, 0.1) is 12.8 Å². The number of hydrogen-bond acceptors (Lipinski definition) is 5. The fourth-order valence-electron chi connectivity index (χ4n) is 5.21. The van der Waals surface area contributed by atoms with Crippen LogP contribution in [0.3, 0.4) is 0 Å². The molecule has 4 rings (SSSR count). The molecule has 162 valence electrons. The number of para-hydroxylation sites is 1. The highest BCUT2D eigenvalue weighted by Crippen LogP contribution is 2.52. The van der Waals surface area contributed by atoms with E-state index in [1.807, 2.05) is 0 Å². The molecule has 6 nitrogen and oxygen atoms in total. The van der Waals surface area contributed by atoms with E-state index < -0.39 is 18.1 Å². The summed E-state index contributed by atoms with van der Waals surface area (Å²) in [5.74, 6) is -0.905. The van der Waals surface area contributed by atoms with Gasteiger partial charge in [-0.3, -0.25) is 0 Å². The average molecular weight is 412 g/mol. The van der Waals surface area contributed by atoms with Gasteiger partial charge in [0.05, 0.1) is 17.9 Å². The predicted molar refractivity (Wildman–Crippen MR) is 118 cm³/mol. The van der Waals surface area contributed by atoms with Crippen molar-refractivity contribution in [3.8, 4) is 5.88 Å². The van der Waals surface area contributed by atoms with Gasteiger partial charge in [-0.05, 0) is 25.0 Å². The van der Waals surface area contributed by atoms with E-state index >= 15 is 0 Å². The average Bonchev–Trinajstić information content (AvgIpc) is 3.08. The first-order valence-electron chi connectivity index (χ1n) is 10.9. The molecule has 1 saturated carbocycles. The molecule has 2 aromatic rings. The van der Waals surface area contributed by atoms with Crippen molar-refractivity contribution in [2.24, 2.45) is 13.0 Å². The molecule has 1 fully saturated rings. The van der Waals surface area contributed by atoms with Crippen LogP contribution in [0.25, 0.3) is 0 Å². The molecule has 1 aliphatic carbocycles. The molecular formula is C24H33N3O3. The second kappa shape index (κ2) is 7.43. The maximum atomic E-state index is 11.0. The van der Waals surface area contributed by atoms with Gasteiger partial charge in [0.25, 0.3) is 0 Å². The molecular weight excluding hydrogens is 378 g/mol. The number of allylic oxidation sites excluding steroid dienone is 1. The molecule has 0 spiro atoms. The van der Waals surface area contributed by atoms with Crippen molar-refractivity contribution in [1.82, 2.24) is 9.78 Å². The number of aromatic hydroxyl groups is 1. The maximum Gasteiger partial charge on any atom is 0.213 e. The fourth-order valence-corrected chi connectivity index (χ4v) is 5.21. The monoisotopic (exact) mass is 411 g/mol. The lowest BCUT2D eigenvalue weighted by Crippen LogP contribution is -2.53. The van der Waals surface area contributed by atoms with Crippen LogP contribution in [0.15, 0.2) is 36.0 Å². The van der Waals surface area contributed by atoms with Crippen LogP contribution in [-0.4, -0.2) is 43.9 Å². The van der Waals surface area contributed by atoms with Crippen LogP contribution < -0.4 is 4.90 Å². The van der Waals surface area contributed by atoms with Crippen molar-refractivity contribution in [3.63, 3.8) is 0 Å². The fraction of sp³-hybridized carbons (Fsp3) is 0.542. The largest absolute Gasteiger partial charge is 0.493 e. The summed E-state index contributed by atoms with van der Waals surface area (Å²) >= 11 is 0. The van der Waals surface area contributed by atoms with Crippen LogP contribution in [0.5, 0.6) is 5.88 Å². The first kappa shape index (κ1) is 20.9. The highest BCUT2D eigenvalue weighted by atomic mass is 16.3. The molecule has 6 heteroatoms. The Morgan fingerprint density at radius 3 is 2.43 bits per heavy atom. The van der Waals surface area contributed by atoms with Crippen molar-refractivity contribution in [1.29, 1.82) is 0 Å². The Hall–Kier alpha value is -2.31. The zero-order chi connectivity index (χ0) is 21.8. The number of anilines is 1. The van der Waals surface area contributed by atoms with Gasteiger partial charge in [0.15, 0.2) is 0 Å². The first-order chi connectivity index (χ1) is 14.2. The standard InChI is InChI=1S/C24H33N3O3/c1-6-7-12-27-17-11-9-8-10-16(17)24(3,4)18(27)13-15-21(28)20(22(15)29)19-14(2)25-26(5)23(19)30/h8-11,13,15,20-22,28-30H,6-7,12H2,1-5H3. The van der Waals surface area contributed by atoms with Gasteiger partial charge < -0.3 is 20.2 Å². The predicted octanol–water partition coefficient (Wildman–Crippen LogP) is 3.35. The van der Waals surface area contributed by atoms with E-state index in [0.717, 1.165) is 25.1 Å². The number of nitrogens with zero attached hydrogens (tertiary/aromatic N) is 3. The third-order valence-corrected chi connectivity index (χ3v) is 6.98. The summed E-state index contributed by atoms with van der Waals surface area (Å²) in [4.78, 5) is 2.35. The summed E-state index contributed by atoms with van der Waals surface area (Å²) < 4.78 is 1.39. The zero-order valence-corrected chi connectivity index (χ0v) is 18.5. The molecule has 0 bridgehead atoms. The first-order valence-corrected chi connectivity index (χ1v) is 10.9. The molecule has 1 aliphatic heterocycles. The van der Waals surface area contributed by atoms with Gasteiger partial charge in [0.2, 0.25) is 5.88 Å². The second-order valence-electron chi connectivity index (χ2n) is 9.23. The summed E-state index contributed by atoms with van der Waals surface area (Å²) in [5.41, 5.74) is 4.59. The minimum atomic E-state index is -0.770. The Balaban J connectivity index is 1.68. The Morgan fingerprint density at radius 2 is 1.83 bits per heavy atom. The number of fused-ring (bicyclic) bond motifs is 1. The van der Waals surface area contributed by atoms with Gasteiger partial charge in [-0.15, -0.1) is 0 Å². The molecule has 1 aromatic carbocycles. The Kier molecular flexibility index (Phi) is 5.19. The Labute approximate surface area is 178 Å². The summed E-state index contributed by atoms with van der Waals surface area (Å²) in [6.45, 7) is 9.30. The quantitative estimate of drug-likeness (QED) is 0.703. The summed E-state index contributed by atoms with van der Waals surface area (Å²) in [6, 6.07) is 8.45. The van der Waals surface area contributed by atoms with Gasteiger partial charge in [0.1, 0.15) is 0 Å². The van der Waals surface area contributed by atoms with Crippen molar-refractivity contribution in [2.75, 3.05) is 11.4 Å². The lowest BCUT2D eigenvalue weighted by atomic mass is 9.64. The van der Waals surface area contributed by atoms with Crippen LogP contribution in [0.4, 0.5) is 5.69 Å². The molecule has 0 amide bonds. The lowest BCUT2D eigenvalue weighted by Gasteiger charge is -2.46. The smallest absolute Gasteiger partial charge is 0.213 e. The summed E-state index contributed by atoms with van der Waals surface area (Å²) in [6.07, 6.45) is 2.69. The van der Waals surface area contributed by atoms with Crippen LogP contribution >= 0.6 is 0 Å². The number of aliphatic hydroxyl groups excluding tert-OH is 2. The summed E-state index contributed by atoms with van der Waals surface area (Å²) in [7, 11) is 1.66. The normalized spacial score (nSPS) is 28.6. The van der Waals surface area contributed by atoms with Gasteiger partial charge in [-0.25, -0.2) is 4.68 Å². The number of unbranched alkanes of at least 4 members (excludes halogenated alkanes) is 1. The van der Waals surface area contributed by atoms with E-state index in [1.165, 1.54) is 15.9 Å². The molecule has 30 heavy (non-hydrogen) atoms. The number of aromatic nitrogens is 2. The lowest BCUT2D eigenvalue weighted by molar-refractivity contribution is -0.0955. The van der Waals surface area contributed by atoms with E-state index in [9.17, 15) is 15.3 Å². The van der Waals surface area contributed by atoms with Crippen molar-refractivity contribution < 1.29 is 15.3 Å². The molecule has 2 aliphatic rings. The minimum absolute atomic E-state index is 0.0138. The van der Waals surface area contributed by atoms with E-state index in [1.54, 1.807) is 14.0 Å². The number of benzene rings is 1. The third-order valence-electron chi connectivity index (χ3n) is 6.98. The van der Waals surface area contributed by atoms with Crippen molar-refractivity contribution >= 4 is 5.69 Å². The minimum Gasteiger partial charge on any atom is -0.493 e. The van der Waals surface area contributed by atoms with Gasteiger partial charge in [-0.2, -0.15) is 5.10 Å². The number of hydrogen-bond donors (Lipinski definition) is 3. The Morgan fingerprint density at radius 1 is 1.17 bits per heavy atom. The molecule has 3 N–H and O–H groups in total. The molecule has 2 heterocycles. The van der Waals surface area contributed by atoms with Gasteiger partial charge in [0, 0.05) is 47.8 Å². The molecule has 0 saturated heterocycles.